The first-order chi connectivity index (χ1) is 11.6. The second kappa shape index (κ2) is 6.76. The van der Waals surface area contributed by atoms with E-state index in [0.717, 1.165) is 22.5 Å². The molecule has 1 heterocycles. The van der Waals surface area contributed by atoms with Crippen LogP contribution in [0.5, 0.6) is 5.75 Å². The molecule has 0 fully saturated rings. The molecule has 0 amide bonds. The molecule has 2 N–H and O–H groups in total. The SMILES string of the molecule is COc1ccc(NC(=S)Nc2noc3cccc(N(C)C)c23)cc1. The monoisotopic (exact) mass is 342 g/mol. The minimum absolute atomic E-state index is 0.434. The normalized spacial score (nSPS) is 10.5. The molecule has 3 rings (SSSR count). The highest BCUT2D eigenvalue weighted by Gasteiger charge is 2.14. The van der Waals surface area contributed by atoms with Gasteiger partial charge in [-0.25, -0.2) is 0 Å². The third-order valence-electron chi connectivity index (χ3n) is 3.54. The van der Waals surface area contributed by atoms with Gasteiger partial charge in [0.15, 0.2) is 16.5 Å². The summed E-state index contributed by atoms with van der Waals surface area (Å²) in [5.41, 5.74) is 2.56. The quantitative estimate of drug-likeness (QED) is 0.701. The van der Waals surface area contributed by atoms with Crippen LogP contribution in [0.3, 0.4) is 0 Å². The Morgan fingerprint density at radius 2 is 1.88 bits per heavy atom. The maximum atomic E-state index is 5.38. The average molecular weight is 342 g/mol. The maximum Gasteiger partial charge on any atom is 0.185 e. The topological polar surface area (TPSA) is 62.6 Å². The molecule has 6 nitrogen and oxygen atoms in total. The lowest BCUT2D eigenvalue weighted by Crippen LogP contribution is -2.19. The fourth-order valence-electron chi connectivity index (χ4n) is 2.38. The van der Waals surface area contributed by atoms with Crippen molar-refractivity contribution >= 4 is 45.5 Å². The number of rotatable bonds is 4. The standard InChI is InChI=1S/C17H18N4O2S/c1-21(2)13-5-4-6-14-15(13)16(20-23-14)19-17(24)18-11-7-9-12(22-3)10-8-11/h4-10H,1-3H3,(H2,18,19,20,24). The highest BCUT2D eigenvalue weighted by Crippen LogP contribution is 2.31. The number of nitrogens with zero attached hydrogens (tertiary/aromatic N) is 2. The van der Waals surface area contributed by atoms with E-state index in [1.807, 2.05) is 61.5 Å². The van der Waals surface area contributed by atoms with Crippen molar-refractivity contribution < 1.29 is 9.26 Å². The van der Waals surface area contributed by atoms with Crippen LogP contribution < -0.4 is 20.3 Å². The summed E-state index contributed by atoms with van der Waals surface area (Å²) in [4.78, 5) is 2.00. The van der Waals surface area contributed by atoms with Gasteiger partial charge in [0.05, 0.1) is 18.2 Å². The Morgan fingerprint density at radius 3 is 2.54 bits per heavy atom. The molecule has 0 radical (unpaired) electrons. The summed E-state index contributed by atoms with van der Waals surface area (Å²) in [6.07, 6.45) is 0. The first-order valence-corrected chi connectivity index (χ1v) is 7.77. The predicted octanol–water partition coefficient (Wildman–Crippen LogP) is 3.71. The minimum Gasteiger partial charge on any atom is -0.497 e. The number of aromatic nitrogens is 1. The number of benzene rings is 2. The zero-order valence-corrected chi connectivity index (χ0v) is 14.5. The molecule has 7 heteroatoms. The van der Waals surface area contributed by atoms with Crippen LogP contribution in [0.25, 0.3) is 11.0 Å². The molecule has 3 aromatic rings. The molecular formula is C17H18N4O2S. The highest BCUT2D eigenvalue weighted by atomic mass is 32.1. The molecular weight excluding hydrogens is 324 g/mol. The lowest BCUT2D eigenvalue weighted by molar-refractivity contribution is 0.415. The van der Waals surface area contributed by atoms with Gasteiger partial charge in [-0.15, -0.1) is 0 Å². The van der Waals surface area contributed by atoms with E-state index < -0.39 is 0 Å². The van der Waals surface area contributed by atoms with Gasteiger partial charge in [0, 0.05) is 19.8 Å². The molecule has 0 spiro atoms. The summed E-state index contributed by atoms with van der Waals surface area (Å²) >= 11 is 5.37. The molecule has 0 unspecified atom stereocenters. The summed E-state index contributed by atoms with van der Waals surface area (Å²) in [7, 11) is 5.58. The zero-order chi connectivity index (χ0) is 17.1. The van der Waals surface area contributed by atoms with Crippen LogP contribution >= 0.6 is 12.2 Å². The van der Waals surface area contributed by atoms with Crippen LogP contribution in [-0.4, -0.2) is 31.5 Å². The van der Waals surface area contributed by atoms with E-state index in [2.05, 4.69) is 15.8 Å². The predicted molar refractivity (Wildman–Crippen MR) is 101 cm³/mol. The van der Waals surface area contributed by atoms with E-state index >= 15 is 0 Å². The number of ether oxygens (including phenoxy) is 1. The largest absolute Gasteiger partial charge is 0.497 e. The van der Waals surface area contributed by atoms with Gasteiger partial charge < -0.3 is 24.8 Å². The average Bonchev–Trinajstić information content (AvgIpc) is 2.98. The number of anilines is 3. The number of methoxy groups -OCH3 is 1. The van der Waals surface area contributed by atoms with Crippen LogP contribution in [-0.2, 0) is 0 Å². The first kappa shape index (κ1) is 16.1. The Bertz CT molecular complexity index is 859. The third-order valence-corrected chi connectivity index (χ3v) is 3.74. The third kappa shape index (κ3) is 3.26. The molecule has 0 aliphatic carbocycles. The van der Waals surface area contributed by atoms with Crippen molar-refractivity contribution in [3.8, 4) is 5.75 Å². The summed E-state index contributed by atoms with van der Waals surface area (Å²) < 4.78 is 10.5. The van der Waals surface area contributed by atoms with Gasteiger partial charge in [0.2, 0.25) is 0 Å². The number of nitrogens with one attached hydrogen (secondary N) is 2. The van der Waals surface area contributed by atoms with E-state index in [0.29, 0.717) is 16.5 Å². The number of hydrogen-bond donors (Lipinski definition) is 2. The van der Waals surface area contributed by atoms with Crippen LogP contribution in [0.1, 0.15) is 0 Å². The van der Waals surface area contributed by atoms with E-state index in [1.54, 1.807) is 7.11 Å². The number of thiocarbonyl (C=S) groups is 1. The Morgan fingerprint density at radius 1 is 1.12 bits per heavy atom. The fraction of sp³-hybridized carbons (Fsp3) is 0.176. The molecule has 0 aliphatic heterocycles. The Kier molecular flexibility index (Phi) is 4.52. The molecule has 0 bridgehead atoms. The molecule has 1 aromatic heterocycles. The second-order valence-corrected chi connectivity index (χ2v) is 5.79. The zero-order valence-electron chi connectivity index (χ0n) is 13.7. The summed E-state index contributed by atoms with van der Waals surface area (Å²) in [6, 6.07) is 13.3. The van der Waals surface area contributed by atoms with Gasteiger partial charge in [-0.2, -0.15) is 0 Å². The second-order valence-electron chi connectivity index (χ2n) is 5.38. The Hall–Kier alpha value is -2.80. The molecule has 0 atom stereocenters. The van der Waals surface area contributed by atoms with E-state index in [9.17, 15) is 0 Å². The van der Waals surface area contributed by atoms with E-state index in [-0.39, 0.29) is 0 Å². The van der Waals surface area contributed by atoms with Crippen molar-refractivity contribution in [2.45, 2.75) is 0 Å². The lowest BCUT2D eigenvalue weighted by Gasteiger charge is -2.14. The van der Waals surface area contributed by atoms with E-state index in [1.165, 1.54) is 0 Å². The van der Waals surface area contributed by atoms with Gasteiger partial charge in [-0.1, -0.05) is 11.2 Å². The van der Waals surface area contributed by atoms with Crippen molar-refractivity contribution in [2.24, 2.45) is 0 Å². The highest BCUT2D eigenvalue weighted by molar-refractivity contribution is 7.80. The van der Waals surface area contributed by atoms with E-state index in [4.69, 9.17) is 21.5 Å². The van der Waals surface area contributed by atoms with Crippen molar-refractivity contribution in [3.05, 3.63) is 42.5 Å². The van der Waals surface area contributed by atoms with Crippen LogP contribution in [0.4, 0.5) is 17.2 Å². The van der Waals surface area contributed by atoms with Crippen LogP contribution in [0, 0.1) is 0 Å². The smallest absolute Gasteiger partial charge is 0.185 e. The van der Waals surface area contributed by atoms with Crippen molar-refractivity contribution in [2.75, 3.05) is 36.7 Å². The van der Waals surface area contributed by atoms with Crippen LogP contribution in [0.15, 0.2) is 47.0 Å². The lowest BCUT2D eigenvalue weighted by atomic mass is 10.2. The molecule has 2 aromatic carbocycles. The van der Waals surface area contributed by atoms with Gasteiger partial charge in [0.25, 0.3) is 0 Å². The minimum atomic E-state index is 0.434. The first-order valence-electron chi connectivity index (χ1n) is 7.36. The van der Waals surface area contributed by atoms with Gasteiger partial charge >= 0.3 is 0 Å². The molecule has 24 heavy (non-hydrogen) atoms. The fourth-order valence-corrected chi connectivity index (χ4v) is 2.59. The molecule has 0 saturated heterocycles. The molecule has 0 saturated carbocycles. The number of hydrogen-bond acceptors (Lipinski definition) is 5. The summed E-state index contributed by atoms with van der Waals surface area (Å²) in [5, 5.41) is 11.6. The summed E-state index contributed by atoms with van der Waals surface area (Å²) in [6.45, 7) is 0. The van der Waals surface area contributed by atoms with Gasteiger partial charge in [-0.05, 0) is 48.6 Å². The van der Waals surface area contributed by atoms with Gasteiger partial charge in [0.1, 0.15) is 5.75 Å². The summed E-state index contributed by atoms with van der Waals surface area (Å²) in [5.74, 6) is 1.37. The molecule has 124 valence electrons. The van der Waals surface area contributed by atoms with Crippen molar-refractivity contribution in [1.82, 2.24) is 5.16 Å². The van der Waals surface area contributed by atoms with Crippen molar-refractivity contribution in [3.63, 3.8) is 0 Å². The maximum absolute atomic E-state index is 5.38. The van der Waals surface area contributed by atoms with Gasteiger partial charge in [-0.3, -0.25) is 0 Å². The van der Waals surface area contributed by atoms with Crippen molar-refractivity contribution in [1.29, 1.82) is 0 Å². The van der Waals surface area contributed by atoms with Crippen LogP contribution in [0.2, 0.25) is 0 Å². The number of fused-ring (bicyclic) bond motifs is 1. The Balaban J connectivity index is 1.80. The Labute approximate surface area is 145 Å². The molecule has 0 aliphatic rings.